The fraction of sp³-hybridized carbons (Fsp3) is 0.409. The van der Waals surface area contributed by atoms with Crippen LogP contribution in [0, 0.1) is 0 Å². The molecule has 138 valence electrons. The zero-order valence-electron chi connectivity index (χ0n) is 15.8. The molecule has 2 aromatic carbocycles. The minimum atomic E-state index is -0.00256. The molecule has 4 nitrogen and oxygen atoms in total. The summed E-state index contributed by atoms with van der Waals surface area (Å²) in [6, 6.07) is 18.3. The lowest BCUT2D eigenvalue weighted by molar-refractivity contribution is 0.0934. The van der Waals surface area contributed by atoms with Crippen molar-refractivity contribution in [1.82, 2.24) is 10.2 Å². The topological polar surface area (TPSA) is 35.6 Å². The number of carbonyl (C=O) groups is 1. The molecule has 2 aromatic rings. The van der Waals surface area contributed by atoms with Crippen molar-refractivity contribution >= 4 is 11.6 Å². The Bertz CT molecular complexity index is 691. The van der Waals surface area contributed by atoms with E-state index in [1.54, 1.807) is 0 Å². The molecule has 1 aliphatic rings. The van der Waals surface area contributed by atoms with Gasteiger partial charge in [-0.2, -0.15) is 0 Å². The van der Waals surface area contributed by atoms with Crippen LogP contribution in [0.5, 0.6) is 0 Å². The van der Waals surface area contributed by atoms with E-state index in [0.29, 0.717) is 0 Å². The van der Waals surface area contributed by atoms with Gasteiger partial charge in [0.2, 0.25) is 0 Å². The van der Waals surface area contributed by atoms with Crippen LogP contribution in [0.15, 0.2) is 54.6 Å². The van der Waals surface area contributed by atoms with Gasteiger partial charge in [0, 0.05) is 37.4 Å². The molecule has 1 N–H and O–H groups in total. The van der Waals surface area contributed by atoms with E-state index in [4.69, 9.17) is 0 Å². The molecule has 0 unspecified atom stereocenters. The van der Waals surface area contributed by atoms with E-state index in [9.17, 15) is 4.79 Å². The Hall–Kier alpha value is -2.33. The van der Waals surface area contributed by atoms with Crippen molar-refractivity contribution in [3.05, 3.63) is 65.7 Å². The van der Waals surface area contributed by atoms with Crippen LogP contribution >= 0.6 is 0 Å². The number of carbonyl (C=O) groups excluding carboxylic acids is 1. The predicted octanol–water partition coefficient (Wildman–Crippen LogP) is 3.71. The highest BCUT2D eigenvalue weighted by Crippen LogP contribution is 2.20. The Labute approximate surface area is 156 Å². The first kappa shape index (κ1) is 18.5. The van der Waals surface area contributed by atoms with Crippen LogP contribution in [0.25, 0.3) is 0 Å². The summed E-state index contributed by atoms with van der Waals surface area (Å²) in [6.07, 6.45) is 1.97. The molecule has 4 heteroatoms. The van der Waals surface area contributed by atoms with Crippen molar-refractivity contribution in [3.8, 4) is 0 Å². The van der Waals surface area contributed by atoms with Gasteiger partial charge >= 0.3 is 0 Å². The van der Waals surface area contributed by atoms with E-state index < -0.39 is 0 Å². The van der Waals surface area contributed by atoms with Crippen molar-refractivity contribution in [2.75, 3.05) is 38.1 Å². The number of nitrogens with zero attached hydrogens (tertiary/aromatic N) is 2. The zero-order valence-corrected chi connectivity index (χ0v) is 15.8. The maximum absolute atomic E-state index is 12.7. The molecule has 0 bridgehead atoms. The number of hydrogen-bond donors (Lipinski definition) is 1. The molecular formula is C22H29N3O. The van der Waals surface area contributed by atoms with Gasteiger partial charge in [0.15, 0.2) is 0 Å². The molecule has 0 saturated carbocycles. The summed E-state index contributed by atoms with van der Waals surface area (Å²) < 4.78 is 0. The molecule has 1 saturated heterocycles. The lowest BCUT2D eigenvalue weighted by atomic mass is 10.0. The number of nitrogens with one attached hydrogen (secondary N) is 1. The second-order valence-electron chi connectivity index (χ2n) is 7.06. The molecule has 3 rings (SSSR count). The molecule has 26 heavy (non-hydrogen) atoms. The first-order chi connectivity index (χ1) is 12.7. The molecule has 0 aliphatic carbocycles. The lowest BCUT2D eigenvalue weighted by Gasteiger charge is -2.34. The Morgan fingerprint density at radius 3 is 2.27 bits per heavy atom. The summed E-state index contributed by atoms with van der Waals surface area (Å²) in [5.74, 6) is -0.00256. The first-order valence-corrected chi connectivity index (χ1v) is 9.56. The van der Waals surface area contributed by atoms with E-state index in [1.165, 1.54) is 5.69 Å². The van der Waals surface area contributed by atoms with E-state index in [1.807, 2.05) is 30.3 Å². The normalized spacial score (nSPS) is 16.3. The van der Waals surface area contributed by atoms with E-state index in [-0.39, 0.29) is 11.9 Å². The third-order valence-electron chi connectivity index (χ3n) is 5.08. The quantitative estimate of drug-likeness (QED) is 0.862. The van der Waals surface area contributed by atoms with Gasteiger partial charge in [-0.1, -0.05) is 43.7 Å². The van der Waals surface area contributed by atoms with E-state index in [2.05, 4.69) is 53.4 Å². The van der Waals surface area contributed by atoms with Crippen LogP contribution in [-0.4, -0.2) is 44.0 Å². The highest BCUT2D eigenvalue weighted by Gasteiger charge is 2.17. The van der Waals surface area contributed by atoms with Crippen molar-refractivity contribution in [2.24, 2.45) is 0 Å². The molecular weight excluding hydrogens is 322 g/mol. The summed E-state index contributed by atoms with van der Waals surface area (Å²) in [5, 5.41) is 3.20. The third-order valence-corrected chi connectivity index (χ3v) is 5.08. The highest BCUT2D eigenvalue weighted by atomic mass is 16.1. The number of anilines is 1. The lowest BCUT2D eigenvalue weighted by Crippen LogP contribution is -2.44. The average Bonchev–Trinajstić information content (AvgIpc) is 2.69. The molecule has 0 radical (unpaired) electrons. The number of rotatable bonds is 6. The largest absolute Gasteiger partial charge is 0.369 e. The Morgan fingerprint density at radius 1 is 1.00 bits per heavy atom. The van der Waals surface area contributed by atoms with Gasteiger partial charge in [0.25, 0.3) is 5.91 Å². The molecule has 1 amide bonds. The predicted molar refractivity (Wildman–Crippen MR) is 108 cm³/mol. The Balaban J connectivity index is 1.65. The SMILES string of the molecule is CCC[C@@H](NC(=O)c1ccc(N2CCN(C)CC2)cc1)c1ccccc1. The highest BCUT2D eigenvalue weighted by molar-refractivity contribution is 5.94. The van der Waals surface area contributed by atoms with Crippen LogP contribution < -0.4 is 10.2 Å². The van der Waals surface area contributed by atoms with Gasteiger partial charge in [-0.05, 0) is 43.3 Å². The minimum Gasteiger partial charge on any atom is -0.369 e. The molecule has 1 aliphatic heterocycles. The van der Waals surface area contributed by atoms with Crippen molar-refractivity contribution in [2.45, 2.75) is 25.8 Å². The summed E-state index contributed by atoms with van der Waals surface area (Å²) in [7, 11) is 2.16. The fourth-order valence-corrected chi connectivity index (χ4v) is 3.43. The van der Waals surface area contributed by atoms with Gasteiger partial charge in [-0.15, -0.1) is 0 Å². The van der Waals surface area contributed by atoms with Gasteiger partial charge in [0.1, 0.15) is 0 Å². The summed E-state index contributed by atoms with van der Waals surface area (Å²) >= 11 is 0. The Kier molecular flexibility index (Phi) is 6.29. The average molecular weight is 351 g/mol. The molecule has 1 heterocycles. The maximum atomic E-state index is 12.7. The van der Waals surface area contributed by atoms with Gasteiger partial charge in [0.05, 0.1) is 6.04 Å². The van der Waals surface area contributed by atoms with Crippen LogP contribution in [0.2, 0.25) is 0 Å². The monoisotopic (exact) mass is 351 g/mol. The number of benzene rings is 2. The van der Waals surface area contributed by atoms with Crippen molar-refractivity contribution < 1.29 is 4.79 Å². The van der Waals surface area contributed by atoms with E-state index >= 15 is 0 Å². The molecule has 0 aromatic heterocycles. The van der Waals surface area contributed by atoms with E-state index in [0.717, 1.165) is 50.1 Å². The van der Waals surface area contributed by atoms with Gasteiger partial charge < -0.3 is 15.1 Å². The zero-order chi connectivity index (χ0) is 18.4. The number of likely N-dealkylation sites (N-methyl/N-ethyl adjacent to an activating group) is 1. The maximum Gasteiger partial charge on any atom is 0.251 e. The molecule has 1 fully saturated rings. The van der Waals surface area contributed by atoms with Crippen LogP contribution in [-0.2, 0) is 0 Å². The number of amides is 1. The smallest absolute Gasteiger partial charge is 0.251 e. The summed E-state index contributed by atoms with van der Waals surface area (Å²) in [4.78, 5) is 17.4. The molecule has 1 atom stereocenters. The molecule has 0 spiro atoms. The second kappa shape index (κ2) is 8.86. The number of piperazine rings is 1. The van der Waals surface area contributed by atoms with Crippen molar-refractivity contribution in [1.29, 1.82) is 0 Å². The summed E-state index contributed by atoms with van der Waals surface area (Å²) in [6.45, 7) is 6.38. The standard InChI is InChI=1S/C22H29N3O/c1-3-7-21(18-8-5-4-6-9-18)23-22(26)19-10-12-20(13-11-19)25-16-14-24(2)15-17-25/h4-6,8-13,21H,3,7,14-17H2,1-2H3,(H,23,26)/t21-/m1/s1. The number of hydrogen-bond acceptors (Lipinski definition) is 3. The third kappa shape index (κ3) is 4.64. The van der Waals surface area contributed by atoms with Crippen LogP contribution in [0.3, 0.4) is 0 Å². The van der Waals surface area contributed by atoms with Crippen LogP contribution in [0.4, 0.5) is 5.69 Å². The minimum absolute atomic E-state index is 0.00256. The Morgan fingerprint density at radius 2 is 1.65 bits per heavy atom. The second-order valence-corrected chi connectivity index (χ2v) is 7.06. The summed E-state index contributed by atoms with van der Waals surface area (Å²) in [5.41, 5.74) is 3.08. The van der Waals surface area contributed by atoms with Crippen molar-refractivity contribution in [3.63, 3.8) is 0 Å². The fourth-order valence-electron chi connectivity index (χ4n) is 3.43. The van der Waals surface area contributed by atoms with Gasteiger partial charge in [-0.3, -0.25) is 4.79 Å². The van der Waals surface area contributed by atoms with Crippen LogP contribution in [0.1, 0.15) is 41.7 Å². The van der Waals surface area contributed by atoms with Gasteiger partial charge in [-0.25, -0.2) is 0 Å². The first-order valence-electron chi connectivity index (χ1n) is 9.56.